The van der Waals surface area contributed by atoms with Gasteiger partial charge in [-0.3, -0.25) is 9.69 Å². The Balaban J connectivity index is 1.98. The molecule has 8 heteroatoms. The van der Waals surface area contributed by atoms with Crippen molar-refractivity contribution in [2.45, 2.75) is 18.3 Å². The monoisotopic (exact) mass is 442 g/mol. The number of ether oxygens (including phenoxy) is 1. The summed E-state index contributed by atoms with van der Waals surface area (Å²) in [5.74, 6) is 0.216. The maximum Gasteiger partial charge on any atom is 0.247 e. The number of rotatable bonds is 2. The molecule has 0 spiro atoms. The molecule has 4 rings (SSSR count). The van der Waals surface area contributed by atoms with Gasteiger partial charge in [0, 0.05) is 22.5 Å². The number of carbonyl (C=O) groups is 1. The van der Waals surface area contributed by atoms with Gasteiger partial charge in [0.2, 0.25) is 23.2 Å². The number of para-hydroxylation sites is 1. The van der Waals surface area contributed by atoms with Crippen molar-refractivity contribution in [3.63, 3.8) is 0 Å². The van der Waals surface area contributed by atoms with Crippen LogP contribution in [0.1, 0.15) is 18.7 Å². The minimum atomic E-state index is -0.672. The number of hydrogen-bond donors (Lipinski definition) is 0. The van der Waals surface area contributed by atoms with E-state index in [0.717, 1.165) is 15.6 Å². The van der Waals surface area contributed by atoms with E-state index in [0.29, 0.717) is 22.4 Å². The summed E-state index contributed by atoms with van der Waals surface area (Å²) in [5, 5.41) is 8.98. The molecular weight excluding hydrogens is 428 g/mol. The third-order valence-corrected chi connectivity index (χ3v) is 5.20. The fraction of sp³-hybridized carbons (Fsp3) is 0.158. The largest absolute Gasteiger partial charge is 0.447 e. The fourth-order valence-corrected chi connectivity index (χ4v) is 3.73. The van der Waals surface area contributed by atoms with Crippen LogP contribution in [0.15, 0.2) is 58.2 Å². The van der Waals surface area contributed by atoms with Crippen molar-refractivity contribution in [1.82, 2.24) is 15.2 Å². The van der Waals surface area contributed by atoms with Gasteiger partial charge in [-0.1, -0.05) is 58.0 Å². The SMILES string of the molecule is CSc1nnc2c(n1)OC(c1cccc(Br)c1)N(C(C)=O)c1ccccc1-2. The van der Waals surface area contributed by atoms with E-state index in [9.17, 15) is 4.79 Å². The van der Waals surface area contributed by atoms with Crippen LogP contribution in [0, 0.1) is 0 Å². The average Bonchev–Trinajstić information content (AvgIpc) is 2.82. The maximum atomic E-state index is 12.6. The summed E-state index contributed by atoms with van der Waals surface area (Å²) in [6.07, 6.45) is 1.20. The van der Waals surface area contributed by atoms with Gasteiger partial charge in [-0.05, 0) is 24.5 Å². The first-order valence-electron chi connectivity index (χ1n) is 8.18. The number of amides is 1. The van der Waals surface area contributed by atoms with E-state index in [-0.39, 0.29) is 5.91 Å². The highest BCUT2D eigenvalue weighted by Crippen LogP contribution is 2.43. The second kappa shape index (κ2) is 7.28. The van der Waals surface area contributed by atoms with Gasteiger partial charge in [0.05, 0.1) is 5.69 Å². The number of halogens is 1. The molecule has 3 aromatic rings. The molecule has 6 nitrogen and oxygen atoms in total. The molecule has 1 unspecified atom stereocenters. The van der Waals surface area contributed by atoms with Crippen LogP contribution in [0.3, 0.4) is 0 Å². The second-order valence-corrected chi connectivity index (χ2v) is 7.57. The Morgan fingerprint density at radius 1 is 1.19 bits per heavy atom. The number of hydrogen-bond acceptors (Lipinski definition) is 6. The number of thioether (sulfide) groups is 1. The number of anilines is 1. The molecule has 0 bridgehead atoms. The molecule has 136 valence electrons. The molecule has 0 radical (unpaired) electrons. The maximum absolute atomic E-state index is 12.6. The molecule has 1 aliphatic rings. The van der Waals surface area contributed by atoms with E-state index in [1.165, 1.54) is 18.7 Å². The van der Waals surface area contributed by atoms with Gasteiger partial charge >= 0.3 is 0 Å². The van der Waals surface area contributed by atoms with Crippen LogP contribution in [0.4, 0.5) is 5.69 Å². The smallest absolute Gasteiger partial charge is 0.247 e. The van der Waals surface area contributed by atoms with Crippen molar-refractivity contribution < 1.29 is 9.53 Å². The predicted octanol–water partition coefficient (Wildman–Crippen LogP) is 4.47. The molecule has 1 atom stereocenters. The standard InChI is InChI=1S/C19H15BrN4O2S/c1-11(25)24-15-9-4-3-8-14(15)16-17(21-19(27-2)23-22-16)26-18(24)12-6-5-7-13(20)10-12/h3-10,18H,1-2H3. The van der Waals surface area contributed by atoms with Crippen molar-refractivity contribution in [1.29, 1.82) is 0 Å². The summed E-state index contributed by atoms with van der Waals surface area (Å²) in [5.41, 5.74) is 2.81. The third-order valence-electron chi connectivity index (χ3n) is 4.17. The normalized spacial score (nSPS) is 15.4. The highest BCUT2D eigenvalue weighted by atomic mass is 79.9. The first-order valence-corrected chi connectivity index (χ1v) is 10.2. The van der Waals surface area contributed by atoms with Gasteiger partial charge in [-0.2, -0.15) is 4.98 Å². The fourth-order valence-electron chi connectivity index (χ4n) is 3.02. The molecule has 27 heavy (non-hydrogen) atoms. The van der Waals surface area contributed by atoms with E-state index < -0.39 is 6.23 Å². The number of nitrogens with zero attached hydrogens (tertiary/aromatic N) is 4. The molecule has 0 aliphatic carbocycles. The van der Waals surface area contributed by atoms with Gasteiger partial charge in [0.15, 0.2) is 5.69 Å². The molecule has 0 fully saturated rings. The van der Waals surface area contributed by atoms with Crippen molar-refractivity contribution in [3.05, 3.63) is 58.6 Å². The Hall–Kier alpha value is -2.45. The topological polar surface area (TPSA) is 68.2 Å². The molecule has 1 aromatic heterocycles. The Bertz CT molecular complexity index is 1030. The number of aromatic nitrogens is 3. The highest BCUT2D eigenvalue weighted by Gasteiger charge is 2.34. The van der Waals surface area contributed by atoms with Crippen LogP contribution in [-0.4, -0.2) is 27.3 Å². The van der Waals surface area contributed by atoms with E-state index in [1.807, 2.05) is 54.8 Å². The summed E-state index contributed by atoms with van der Waals surface area (Å²) in [6, 6.07) is 15.2. The molecule has 2 aromatic carbocycles. The van der Waals surface area contributed by atoms with Gasteiger partial charge in [0.1, 0.15) is 0 Å². The highest BCUT2D eigenvalue weighted by molar-refractivity contribution is 9.10. The van der Waals surface area contributed by atoms with Gasteiger partial charge in [0.25, 0.3) is 0 Å². The zero-order valence-electron chi connectivity index (χ0n) is 14.6. The molecule has 0 N–H and O–H groups in total. The zero-order chi connectivity index (χ0) is 19.0. The lowest BCUT2D eigenvalue weighted by Gasteiger charge is -2.30. The average molecular weight is 443 g/mol. The summed E-state index contributed by atoms with van der Waals surface area (Å²) >= 11 is 4.87. The van der Waals surface area contributed by atoms with Crippen LogP contribution < -0.4 is 9.64 Å². The van der Waals surface area contributed by atoms with Gasteiger partial charge in [-0.25, -0.2) is 0 Å². The number of benzene rings is 2. The molecule has 2 heterocycles. The molecule has 0 saturated carbocycles. The molecule has 1 amide bonds. The zero-order valence-corrected chi connectivity index (χ0v) is 17.0. The van der Waals surface area contributed by atoms with Crippen LogP contribution >= 0.6 is 27.7 Å². The Kier molecular flexibility index (Phi) is 4.84. The lowest BCUT2D eigenvalue weighted by Crippen LogP contribution is -2.36. The van der Waals surface area contributed by atoms with Crippen LogP contribution in [0.5, 0.6) is 5.88 Å². The van der Waals surface area contributed by atoms with Crippen molar-refractivity contribution in [2.24, 2.45) is 0 Å². The van der Waals surface area contributed by atoms with E-state index in [4.69, 9.17) is 4.74 Å². The van der Waals surface area contributed by atoms with E-state index in [1.54, 1.807) is 4.90 Å². The number of fused-ring (bicyclic) bond motifs is 3. The quantitative estimate of drug-likeness (QED) is 0.545. The predicted molar refractivity (Wildman–Crippen MR) is 108 cm³/mol. The van der Waals surface area contributed by atoms with Gasteiger partial charge in [-0.15, -0.1) is 10.2 Å². The summed E-state index contributed by atoms with van der Waals surface area (Å²) < 4.78 is 7.15. The molecular formula is C19H15BrN4O2S. The second-order valence-electron chi connectivity index (χ2n) is 5.88. The van der Waals surface area contributed by atoms with Crippen molar-refractivity contribution >= 4 is 39.3 Å². The third kappa shape index (κ3) is 3.30. The number of carbonyl (C=O) groups excluding carboxylic acids is 1. The Morgan fingerprint density at radius 3 is 2.74 bits per heavy atom. The Labute approximate surface area is 169 Å². The minimum Gasteiger partial charge on any atom is -0.447 e. The van der Waals surface area contributed by atoms with Crippen molar-refractivity contribution in [3.8, 4) is 17.1 Å². The Morgan fingerprint density at radius 2 is 2.00 bits per heavy atom. The van der Waals surface area contributed by atoms with E-state index >= 15 is 0 Å². The van der Waals surface area contributed by atoms with Crippen LogP contribution in [-0.2, 0) is 4.79 Å². The molecule has 1 aliphatic heterocycles. The molecule has 0 saturated heterocycles. The van der Waals surface area contributed by atoms with Crippen LogP contribution in [0.2, 0.25) is 0 Å². The van der Waals surface area contributed by atoms with E-state index in [2.05, 4.69) is 31.1 Å². The summed E-state index contributed by atoms with van der Waals surface area (Å²) in [6.45, 7) is 1.52. The lowest BCUT2D eigenvalue weighted by molar-refractivity contribution is -0.118. The minimum absolute atomic E-state index is 0.140. The first-order chi connectivity index (χ1) is 13.1. The summed E-state index contributed by atoms with van der Waals surface area (Å²) in [7, 11) is 0. The van der Waals surface area contributed by atoms with Crippen molar-refractivity contribution in [2.75, 3.05) is 11.2 Å². The van der Waals surface area contributed by atoms with Gasteiger partial charge < -0.3 is 4.74 Å². The summed E-state index contributed by atoms with van der Waals surface area (Å²) in [4.78, 5) is 18.8. The van der Waals surface area contributed by atoms with Crippen LogP contribution in [0.25, 0.3) is 11.3 Å². The lowest BCUT2D eigenvalue weighted by atomic mass is 10.1. The first kappa shape index (κ1) is 17.9.